The first-order chi connectivity index (χ1) is 18.7. The quantitative estimate of drug-likeness (QED) is 0.260. The van der Waals surface area contributed by atoms with Crippen LogP contribution in [0.3, 0.4) is 0 Å². The molecule has 1 aromatic heterocycles. The minimum atomic E-state index is -2.73. The van der Waals surface area contributed by atoms with Gasteiger partial charge in [0, 0.05) is 41.4 Å². The minimum absolute atomic E-state index is 0.0171. The molecular weight excluding hydrogens is 516 g/mol. The van der Waals surface area contributed by atoms with Gasteiger partial charge in [-0.2, -0.15) is 0 Å². The molecule has 3 aliphatic rings. The van der Waals surface area contributed by atoms with Crippen molar-refractivity contribution in [2.75, 3.05) is 14.1 Å². The zero-order chi connectivity index (χ0) is 29.4. The van der Waals surface area contributed by atoms with Crippen LogP contribution < -0.4 is 11.1 Å². The van der Waals surface area contributed by atoms with Gasteiger partial charge in [0.25, 0.3) is 5.91 Å². The number of aliphatic hydroxyl groups excluding tert-OH is 2. The van der Waals surface area contributed by atoms with E-state index in [0.717, 1.165) is 11.3 Å². The molecule has 1 fully saturated rings. The Balaban J connectivity index is 1.68. The molecule has 1 heterocycles. The lowest BCUT2D eigenvalue weighted by atomic mass is 9.46. The van der Waals surface area contributed by atoms with E-state index in [4.69, 9.17) is 5.73 Å². The molecule has 1 amide bonds. The van der Waals surface area contributed by atoms with Crippen LogP contribution in [0.5, 0.6) is 5.75 Å². The highest BCUT2D eigenvalue weighted by atomic mass is 16.3. The third kappa shape index (κ3) is 3.58. The number of hydrogen-bond acceptors (Lipinski definition) is 9. The van der Waals surface area contributed by atoms with E-state index in [1.54, 1.807) is 27.1 Å². The number of ketones is 2. The normalized spacial score (nSPS) is 29.9. The predicted molar refractivity (Wildman–Crippen MR) is 145 cm³/mol. The molecule has 0 unspecified atom stereocenters. The first kappa shape index (κ1) is 27.6. The van der Waals surface area contributed by atoms with Gasteiger partial charge < -0.3 is 36.5 Å². The number of carbonyl (C=O) groups excluding carboxylic acids is 3. The molecule has 0 saturated heterocycles. The van der Waals surface area contributed by atoms with Gasteiger partial charge in [-0.25, -0.2) is 0 Å². The van der Waals surface area contributed by atoms with Crippen molar-refractivity contribution in [2.24, 2.45) is 16.6 Å². The largest absolute Gasteiger partial charge is 0.508 e. The molecular formula is C29H34N4O7. The second-order valence-electron chi connectivity index (χ2n) is 11.8. The van der Waals surface area contributed by atoms with E-state index >= 15 is 0 Å². The molecule has 3 aliphatic carbocycles. The van der Waals surface area contributed by atoms with E-state index in [0.29, 0.717) is 18.7 Å². The van der Waals surface area contributed by atoms with Crippen LogP contribution in [0.25, 0.3) is 5.76 Å². The topological polar surface area (TPSA) is 189 Å². The summed E-state index contributed by atoms with van der Waals surface area (Å²) in [4.78, 5) is 44.6. The Labute approximate surface area is 231 Å². The van der Waals surface area contributed by atoms with Gasteiger partial charge in [-0.15, -0.1) is 0 Å². The monoisotopic (exact) mass is 550 g/mol. The number of benzene rings is 1. The first-order valence-corrected chi connectivity index (χ1v) is 13.0. The van der Waals surface area contributed by atoms with E-state index in [2.05, 4.69) is 10.3 Å². The van der Waals surface area contributed by atoms with Crippen molar-refractivity contribution in [1.29, 1.82) is 0 Å². The predicted octanol–water partition coefficient (Wildman–Crippen LogP) is 1.36. The van der Waals surface area contributed by atoms with Gasteiger partial charge in [-0.1, -0.05) is 19.9 Å². The van der Waals surface area contributed by atoms with Crippen LogP contribution in [0.4, 0.5) is 0 Å². The molecule has 0 bridgehead atoms. The molecule has 0 spiro atoms. The van der Waals surface area contributed by atoms with E-state index in [9.17, 15) is 34.8 Å². The van der Waals surface area contributed by atoms with Crippen LogP contribution in [-0.4, -0.2) is 73.5 Å². The number of H-pyrrole nitrogens is 1. The standard InChI is InChI=1S/C29H34N4O7/c1-27-10-16-14(11-31-12-15-6-5-9-32-15)7-8-17(34)18(16)21(35)20(27)25(38)29(40)24(37)19(26(30)39)22(36)23(33(3)4)28(29,2)13-27/h5-9,23,31-32,34-35,37,40H,10-13H2,1-4H3,(H2,30,39)/t23-,27+,28+,29-/m1/s1. The number of aromatic amines is 1. The van der Waals surface area contributed by atoms with Gasteiger partial charge in [0.05, 0.1) is 11.6 Å². The number of hydrogen-bond donors (Lipinski definition) is 7. The van der Waals surface area contributed by atoms with Crippen molar-refractivity contribution < 1.29 is 34.8 Å². The average Bonchev–Trinajstić information content (AvgIpc) is 3.36. The number of Topliss-reactive ketones (excluding diaryl/α,β-unsaturated/α-hetero) is 2. The van der Waals surface area contributed by atoms with Crippen LogP contribution in [0.15, 0.2) is 47.4 Å². The van der Waals surface area contributed by atoms with E-state index in [-0.39, 0.29) is 29.7 Å². The number of primary amides is 1. The summed E-state index contributed by atoms with van der Waals surface area (Å²) in [7, 11) is 3.15. The Morgan fingerprint density at radius 2 is 1.85 bits per heavy atom. The van der Waals surface area contributed by atoms with Gasteiger partial charge in [0.2, 0.25) is 5.78 Å². The van der Waals surface area contributed by atoms with Crippen LogP contribution >= 0.6 is 0 Å². The number of aliphatic hydroxyl groups is 3. The fraction of sp³-hybridized carbons (Fsp3) is 0.414. The van der Waals surface area contributed by atoms with Gasteiger partial charge in [-0.05, 0) is 56.3 Å². The number of aromatic hydroxyl groups is 1. The Hall–Kier alpha value is -3.93. The molecule has 0 radical (unpaired) electrons. The third-order valence-corrected chi connectivity index (χ3v) is 8.91. The molecule has 4 atom stereocenters. The summed E-state index contributed by atoms with van der Waals surface area (Å²) in [6.45, 7) is 4.24. The second-order valence-corrected chi connectivity index (χ2v) is 11.8. The number of nitrogens with two attached hydrogens (primary N) is 1. The van der Waals surface area contributed by atoms with Crippen LogP contribution in [-0.2, 0) is 33.9 Å². The Bertz CT molecular complexity index is 1510. The van der Waals surface area contributed by atoms with E-state index in [1.807, 2.05) is 18.3 Å². The number of fused-ring (bicyclic) bond motifs is 3. The summed E-state index contributed by atoms with van der Waals surface area (Å²) in [5.41, 5.74) is 1.43. The van der Waals surface area contributed by atoms with Crippen molar-refractivity contribution in [1.82, 2.24) is 15.2 Å². The number of carbonyl (C=O) groups is 3. The zero-order valence-corrected chi connectivity index (χ0v) is 22.8. The van der Waals surface area contributed by atoms with Crippen LogP contribution in [0, 0.1) is 10.8 Å². The number of rotatable bonds is 6. The van der Waals surface area contributed by atoms with Gasteiger partial charge in [0.15, 0.2) is 11.4 Å². The molecule has 212 valence electrons. The lowest BCUT2D eigenvalue weighted by Crippen LogP contribution is -2.72. The molecule has 0 aliphatic heterocycles. The lowest BCUT2D eigenvalue weighted by molar-refractivity contribution is -0.176. The zero-order valence-electron chi connectivity index (χ0n) is 22.8. The molecule has 1 aromatic carbocycles. The number of aromatic nitrogens is 1. The van der Waals surface area contributed by atoms with Crippen molar-refractivity contribution in [3.63, 3.8) is 0 Å². The highest BCUT2D eigenvalue weighted by Gasteiger charge is 2.72. The Morgan fingerprint density at radius 3 is 2.45 bits per heavy atom. The maximum atomic E-state index is 14.3. The van der Waals surface area contributed by atoms with Crippen molar-refractivity contribution >= 4 is 23.2 Å². The maximum absolute atomic E-state index is 14.3. The highest BCUT2D eigenvalue weighted by Crippen LogP contribution is 2.63. The average molecular weight is 551 g/mol. The number of likely N-dealkylation sites (N-methyl/N-ethyl adjacent to an activating group) is 1. The van der Waals surface area contributed by atoms with Gasteiger partial charge in [0.1, 0.15) is 22.8 Å². The molecule has 5 rings (SSSR count). The molecule has 11 heteroatoms. The van der Waals surface area contributed by atoms with Crippen LogP contribution in [0.1, 0.15) is 42.7 Å². The molecule has 2 aromatic rings. The smallest absolute Gasteiger partial charge is 0.255 e. The maximum Gasteiger partial charge on any atom is 0.255 e. The first-order valence-electron chi connectivity index (χ1n) is 13.0. The molecule has 40 heavy (non-hydrogen) atoms. The second kappa shape index (κ2) is 9.05. The number of phenols is 1. The van der Waals surface area contributed by atoms with Crippen molar-refractivity contribution in [3.05, 3.63) is 69.8 Å². The summed E-state index contributed by atoms with van der Waals surface area (Å²) in [5.74, 6) is -4.98. The molecule has 1 saturated carbocycles. The minimum Gasteiger partial charge on any atom is -0.508 e. The number of amides is 1. The lowest BCUT2D eigenvalue weighted by Gasteiger charge is -2.59. The molecule has 11 nitrogen and oxygen atoms in total. The Morgan fingerprint density at radius 1 is 1.15 bits per heavy atom. The summed E-state index contributed by atoms with van der Waals surface area (Å²) in [6, 6.07) is 5.83. The highest BCUT2D eigenvalue weighted by molar-refractivity contribution is 6.25. The summed E-state index contributed by atoms with van der Waals surface area (Å²) < 4.78 is 0. The number of phenolic OH excluding ortho intramolecular Hbond substituents is 1. The summed E-state index contributed by atoms with van der Waals surface area (Å²) in [5, 5.41) is 48.8. The summed E-state index contributed by atoms with van der Waals surface area (Å²) >= 11 is 0. The van der Waals surface area contributed by atoms with Gasteiger partial charge in [-0.3, -0.25) is 19.3 Å². The third-order valence-electron chi connectivity index (χ3n) is 8.91. The SMILES string of the molecule is CN(C)[C@@H]1C(=O)C(C(N)=O)=C(O)[C@@]2(O)C(=O)C3=C(O)c4c(O)ccc(CNCc5ccc[nH]5)c4C[C@@]3(C)C[C@@]12C. The fourth-order valence-corrected chi connectivity index (χ4v) is 7.36. The van der Waals surface area contributed by atoms with Crippen molar-refractivity contribution in [3.8, 4) is 5.75 Å². The number of nitrogens with one attached hydrogen (secondary N) is 2. The molecule has 8 N–H and O–H groups in total. The fourth-order valence-electron chi connectivity index (χ4n) is 7.36. The van der Waals surface area contributed by atoms with Crippen molar-refractivity contribution in [2.45, 2.75) is 51.4 Å². The summed E-state index contributed by atoms with van der Waals surface area (Å²) in [6.07, 6.45) is 2.01. The van der Waals surface area contributed by atoms with E-state index in [1.165, 1.54) is 17.9 Å². The van der Waals surface area contributed by atoms with E-state index < -0.39 is 57.0 Å². The van der Waals surface area contributed by atoms with Gasteiger partial charge >= 0.3 is 0 Å². The Kier molecular flexibility index (Phi) is 6.25. The van der Waals surface area contributed by atoms with Crippen LogP contribution in [0.2, 0.25) is 0 Å². The number of nitrogens with zero attached hydrogens (tertiary/aromatic N) is 1.